The second kappa shape index (κ2) is 5.32. The summed E-state index contributed by atoms with van der Waals surface area (Å²) in [6, 6.07) is 0. The molecule has 1 aromatic heterocycles. The van der Waals surface area contributed by atoms with Gasteiger partial charge in [0, 0.05) is 12.7 Å². The van der Waals surface area contributed by atoms with E-state index in [-0.39, 0.29) is 23.7 Å². The summed E-state index contributed by atoms with van der Waals surface area (Å²) < 4.78 is 0. The van der Waals surface area contributed by atoms with Gasteiger partial charge in [0.1, 0.15) is 0 Å². The van der Waals surface area contributed by atoms with E-state index in [1.165, 1.54) is 0 Å². The van der Waals surface area contributed by atoms with E-state index in [4.69, 9.17) is 0 Å². The van der Waals surface area contributed by atoms with Crippen LogP contribution in [0.15, 0.2) is 12.4 Å². The number of rotatable bonds is 2. The first-order valence-corrected chi connectivity index (χ1v) is 5.22. The van der Waals surface area contributed by atoms with E-state index in [0.29, 0.717) is 0 Å². The van der Waals surface area contributed by atoms with Crippen LogP contribution < -0.4 is 10.6 Å². The van der Waals surface area contributed by atoms with E-state index in [2.05, 4.69) is 20.8 Å². The Hall–Kier alpha value is -1.07. The number of aromatic nitrogens is 2. The highest BCUT2D eigenvalue weighted by atomic mass is 35.5. The summed E-state index contributed by atoms with van der Waals surface area (Å²) in [7, 11) is 0. The zero-order chi connectivity index (χ0) is 10.7. The molecule has 1 fully saturated rings. The number of hydrogen-bond donors (Lipinski definition) is 3. The van der Waals surface area contributed by atoms with Crippen molar-refractivity contribution in [3.63, 3.8) is 0 Å². The van der Waals surface area contributed by atoms with Crippen molar-refractivity contribution < 1.29 is 4.79 Å². The molecule has 2 heterocycles. The summed E-state index contributed by atoms with van der Waals surface area (Å²) in [6.07, 6.45) is 5.27. The van der Waals surface area contributed by atoms with Crippen molar-refractivity contribution in [2.45, 2.75) is 19.8 Å². The highest BCUT2D eigenvalue weighted by molar-refractivity contribution is 5.95. The molecule has 6 heteroatoms. The summed E-state index contributed by atoms with van der Waals surface area (Å²) in [5.74, 6) is 0.0658. The normalized spacial score (nSPS) is 24.6. The van der Waals surface area contributed by atoms with Crippen LogP contribution >= 0.6 is 12.4 Å². The predicted octanol–water partition coefficient (Wildman–Crippen LogP) is 1.16. The second-order valence-corrected chi connectivity index (χ2v) is 4.28. The Morgan fingerprint density at radius 3 is 3.00 bits per heavy atom. The number of amides is 1. The van der Waals surface area contributed by atoms with E-state index < -0.39 is 0 Å². The second-order valence-electron chi connectivity index (χ2n) is 4.28. The standard InChI is InChI=1S/C10H16N4O.ClH/c1-10(3-2-4-11-7-10)9(15)14-8-5-12-13-6-8;/h5-6,11H,2-4,7H2,1H3,(H,12,13)(H,14,15);1H. The Bertz CT molecular complexity index is 333. The van der Waals surface area contributed by atoms with Crippen LogP contribution in [0.1, 0.15) is 19.8 Å². The monoisotopic (exact) mass is 244 g/mol. The van der Waals surface area contributed by atoms with E-state index in [1.807, 2.05) is 6.92 Å². The molecule has 16 heavy (non-hydrogen) atoms. The van der Waals surface area contributed by atoms with Gasteiger partial charge < -0.3 is 10.6 Å². The summed E-state index contributed by atoms with van der Waals surface area (Å²) in [6.45, 7) is 3.75. The van der Waals surface area contributed by atoms with Gasteiger partial charge in [0.05, 0.1) is 17.3 Å². The third kappa shape index (κ3) is 2.74. The lowest BCUT2D eigenvalue weighted by Gasteiger charge is -2.32. The zero-order valence-electron chi connectivity index (χ0n) is 9.25. The van der Waals surface area contributed by atoms with Crippen molar-refractivity contribution >= 4 is 24.0 Å². The first-order valence-electron chi connectivity index (χ1n) is 5.22. The van der Waals surface area contributed by atoms with Gasteiger partial charge in [0.2, 0.25) is 5.91 Å². The van der Waals surface area contributed by atoms with Gasteiger partial charge >= 0.3 is 0 Å². The van der Waals surface area contributed by atoms with Crippen LogP contribution in [-0.4, -0.2) is 29.2 Å². The van der Waals surface area contributed by atoms with Gasteiger partial charge in [-0.1, -0.05) is 0 Å². The van der Waals surface area contributed by atoms with E-state index >= 15 is 0 Å². The summed E-state index contributed by atoms with van der Waals surface area (Å²) in [5.41, 5.74) is 0.432. The number of nitrogens with zero attached hydrogens (tertiary/aromatic N) is 1. The SMILES string of the molecule is CC1(C(=O)Nc2cn[nH]c2)CCCNC1.Cl. The molecule has 1 aromatic rings. The highest BCUT2D eigenvalue weighted by Gasteiger charge is 2.34. The quantitative estimate of drug-likeness (QED) is 0.731. The molecule has 0 aliphatic carbocycles. The smallest absolute Gasteiger partial charge is 0.231 e. The molecule has 1 aliphatic heterocycles. The number of hydrogen-bond acceptors (Lipinski definition) is 3. The van der Waals surface area contributed by atoms with Gasteiger partial charge in [-0.3, -0.25) is 9.89 Å². The Labute approximate surface area is 101 Å². The molecule has 0 radical (unpaired) electrons. The Kier molecular flexibility index (Phi) is 4.32. The topological polar surface area (TPSA) is 69.8 Å². The first kappa shape index (κ1) is 13.0. The number of H-pyrrole nitrogens is 1. The molecule has 1 atom stereocenters. The van der Waals surface area contributed by atoms with Crippen LogP contribution in [-0.2, 0) is 4.79 Å². The lowest BCUT2D eigenvalue weighted by molar-refractivity contribution is -0.125. The highest BCUT2D eigenvalue weighted by Crippen LogP contribution is 2.26. The summed E-state index contributed by atoms with van der Waals surface area (Å²) >= 11 is 0. The number of anilines is 1. The minimum atomic E-state index is -0.296. The number of nitrogens with one attached hydrogen (secondary N) is 3. The summed E-state index contributed by atoms with van der Waals surface area (Å²) in [4.78, 5) is 12.0. The molecule has 5 nitrogen and oxygen atoms in total. The van der Waals surface area contributed by atoms with Crippen molar-refractivity contribution in [2.75, 3.05) is 18.4 Å². The Balaban J connectivity index is 0.00000128. The van der Waals surface area contributed by atoms with Gasteiger partial charge in [-0.2, -0.15) is 5.10 Å². The first-order chi connectivity index (χ1) is 7.21. The predicted molar refractivity (Wildman–Crippen MR) is 64.7 cm³/mol. The minimum absolute atomic E-state index is 0. The lowest BCUT2D eigenvalue weighted by Crippen LogP contribution is -2.45. The van der Waals surface area contributed by atoms with Crippen molar-refractivity contribution in [2.24, 2.45) is 5.41 Å². The largest absolute Gasteiger partial charge is 0.323 e. The maximum Gasteiger partial charge on any atom is 0.231 e. The average molecular weight is 245 g/mol. The number of carbonyl (C=O) groups excluding carboxylic acids is 1. The fraction of sp³-hybridized carbons (Fsp3) is 0.600. The van der Waals surface area contributed by atoms with Crippen LogP contribution in [0.2, 0.25) is 0 Å². The summed E-state index contributed by atoms with van der Waals surface area (Å²) in [5, 5.41) is 12.6. The number of carbonyl (C=O) groups is 1. The third-order valence-corrected chi connectivity index (χ3v) is 2.90. The molecule has 1 saturated heterocycles. The van der Waals surface area contributed by atoms with Crippen LogP contribution in [0.4, 0.5) is 5.69 Å². The lowest BCUT2D eigenvalue weighted by atomic mass is 9.82. The molecule has 0 spiro atoms. The molecular weight excluding hydrogens is 228 g/mol. The molecule has 2 rings (SSSR count). The number of piperidine rings is 1. The fourth-order valence-corrected chi connectivity index (χ4v) is 1.85. The molecule has 1 amide bonds. The van der Waals surface area contributed by atoms with Crippen LogP contribution in [0, 0.1) is 5.41 Å². The molecule has 1 aliphatic rings. The molecule has 0 saturated carbocycles. The molecule has 0 bridgehead atoms. The van der Waals surface area contributed by atoms with Crippen molar-refractivity contribution in [3.05, 3.63) is 12.4 Å². The molecule has 90 valence electrons. The maximum absolute atomic E-state index is 12.0. The van der Waals surface area contributed by atoms with E-state index in [9.17, 15) is 4.79 Å². The third-order valence-electron chi connectivity index (χ3n) is 2.90. The van der Waals surface area contributed by atoms with Crippen molar-refractivity contribution in [1.29, 1.82) is 0 Å². The molecule has 1 unspecified atom stereocenters. The van der Waals surface area contributed by atoms with E-state index in [0.717, 1.165) is 31.6 Å². The van der Waals surface area contributed by atoms with Crippen molar-refractivity contribution in [1.82, 2.24) is 15.5 Å². The Morgan fingerprint density at radius 2 is 2.44 bits per heavy atom. The van der Waals surface area contributed by atoms with Gasteiger partial charge in [0.15, 0.2) is 0 Å². The van der Waals surface area contributed by atoms with Crippen LogP contribution in [0.25, 0.3) is 0 Å². The number of halogens is 1. The zero-order valence-corrected chi connectivity index (χ0v) is 10.1. The van der Waals surface area contributed by atoms with Gasteiger partial charge in [0.25, 0.3) is 0 Å². The molecule has 0 aromatic carbocycles. The van der Waals surface area contributed by atoms with Crippen molar-refractivity contribution in [3.8, 4) is 0 Å². The maximum atomic E-state index is 12.0. The molecule has 3 N–H and O–H groups in total. The van der Waals surface area contributed by atoms with Gasteiger partial charge in [-0.15, -0.1) is 12.4 Å². The number of aromatic amines is 1. The van der Waals surface area contributed by atoms with E-state index in [1.54, 1.807) is 12.4 Å². The minimum Gasteiger partial charge on any atom is -0.323 e. The fourth-order valence-electron chi connectivity index (χ4n) is 1.85. The average Bonchev–Trinajstić information content (AvgIpc) is 2.71. The van der Waals surface area contributed by atoms with Gasteiger partial charge in [-0.25, -0.2) is 0 Å². The van der Waals surface area contributed by atoms with Crippen LogP contribution in [0.3, 0.4) is 0 Å². The van der Waals surface area contributed by atoms with Crippen LogP contribution in [0.5, 0.6) is 0 Å². The van der Waals surface area contributed by atoms with Gasteiger partial charge in [-0.05, 0) is 26.3 Å². The Morgan fingerprint density at radius 1 is 1.62 bits per heavy atom. The molecular formula is C10H17ClN4O.